The predicted molar refractivity (Wildman–Crippen MR) is 44.0 cm³/mol. The van der Waals surface area contributed by atoms with Gasteiger partial charge in [0.15, 0.2) is 5.82 Å². The van der Waals surface area contributed by atoms with Crippen molar-refractivity contribution in [3.05, 3.63) is 24.7 Å². The normalized spacial score (nSPS) is 10.0. The Balaban J connectivity index is 2.55. The summed E-state index contributed by atoms with van der Waals surface area (Å²) in [6.07, 6.45) is 4.78. The molecule has 3 N–H and O–H groups in total. The van der Waals surface area contributed by atoms with Crippen molar-refractivity contribution in [2.45, 2.75) is 0 Å². The summed E-state index contributed by atoms with van der Waals surface area (Å²) in [7, 11) is 0. The van der Waals surface area contributed by atoms with E-state index in [4.69, 9.17) is 5.73 Å². The molecule has 2 rings (SSSR count). The van der Waals surface area contributed by atoms with Crippen LogP contribution in [0.3, 0.4) is 0 Å². The van der Waals surface area contributed by atoms with E-state index in [1.54, 1.807) is 24.7 Å². The van der Waals surface area contributed by atoms with Crippen LogP contribution in [0.2, 0.25) is 0 Å². The Labute approximate surface area is 68.7 Å². The summed E-state index contributed by atoms with van der Waals surface area (Å²) in [5.41, 5.74) is 7.00. The summed E-state index contributed by atoms with van der Waals surface area (Å²) in [6, 6.07) is 1.79. The van der Waals surface area contributed by atoms with E-state index in [-0.39, 0.29) is 0 Å². The molecule has 0 atom stereocenters. The molecular formula is C7H7N5. The van der Waals surface area contributed by atoms with Gasteiger partial charge in [-0.2, -0.15) is 5.10 Å². The Hall–Kier alpha value is -1.91. The van der Waals surface area contributed by atoms with E-state index in [1.807, 2.05) is 0 Å². The minimum absolute atomic E-state index is 0.404. The minimum Gasteiger partial charge on any atom is -0.382 e. The van der Waals surface area contributed by atoms with Gasteiger partial charge < -0.3 is 5.73 Å². The molecule has 0 radical (unpaired) electrons. The number of anilines is 1. The highest BCUT2D eigenvalue weighted by Crippen LogP contribution is 2.16. The zero-order chi connectivity index (χ0) is 8.39. The first-order valence-electron chi connectivity index (χ1n) is 3.44. The highest BCUT2D eigenvalue weighted by Gasteiger charge is 2.04. The van der Waals surface area contributed by atoms with Crippen LogP contribution in [-0.4, -0.2) is 20.2 Å². The fourth-order valence-electron chi connectivity index (χ4n) is 0.944. The van der Waals surface area contributed by atoms with E-state index in [1.165, 1.54) is 0 Å². The third-order valence-electron chi connectivity index (χ3n) is 1.48. The molecule has 0 aromatic carbocycles. The predicted octanol–water partition coefficient (Wildman–Crippen LogP) is 0.449. The maximum absolute atomic E-state index is 5.59. The number of nitrogens with zero attached hydrogens (tertiary/aromatic N) is 3. The molecule has 0 spiro atoms. The molecular weight excluding hydrogens is 154 g/mol. The average molecular weight is 161 g/mol. The van der Waals surface area contributed by atoms with Crippen LogP contribution in [0.25, 0.3) is 11.4 Å². The molecule has 0 bridgehead atoms. The number of nitrogens with two attached hydrogens (primary N) is 1. The largest absolute Gasteiger partial charge is 0.382 e. The number of hydrogen-bond acceptors (Lipinski definition) is 4. The van der Waals surface area contributed by atoms with E-state index < -0.39 is 0 Å². The fourth-order valence-corrected chi connectivity index (χ4v) is 0.944. The molecule has 0 saturated carbocycles. The molecule has 5 nitrogen and oxygen atoms in total. The van der Waals surface area contributed by atoms with Crippen molar-refractivity contribution in [1.82, 2.24) is 20.2 Å². The van der Waals surface area contributed by atoms with Crippen molar-refractivity contribution in [3.8, 4) is 11.4 Å². The molecule has 2 aromatic heterocycles. The third kappa shape index (κ3) is 1.01. The van der Waals surface area contributed by atoms with Gasteiger partial charge in [-0.3, -0.25) is 5.10 Å². The second-order valence-electron chi connectivity index (χ2n) is 2.26. The van der Waals surface area contributed by atoms with Crippen LogP contribution in [0.4, 0.5) is 5.82 Å². The second-order valence-corrected chi connectivity index (χ2v) is 2.26. The van der Waals surface area contributed by atoms with Crippen molar-refractivity contribution in [3.63, 3.8) is 0 Å². The second kappa shape index (κ2) is 2.61. The van der Waals surface area contributed by atoms with Crippen molar-refractivity contribution in [1.29, 1.82) is 0 Å². The first-order valence-corrected chi connectivity index (χ1v) is 3.44. The lowest BCUT2D eigenvalue weighted by Gasteiger charge is -1.97. The van der Waals surface area contributed by atoms with Crippen molar-refractivity contribution in [2.24, 2.45) is 0 Å². The van der Waals surface area contributed by atoms with Gasteiger partial charge in [-0.1, -0.05) is 0 Å². The summed E-state index contributed by atoms with van der Waals surface area (Å²) < 4.78 is 0. The number of rotatable bonds is 1. The van der Waals surface area contributed by atoms with Crippen molar-refractivity contribution in [2.75, 3.05) is 5.73 Å². The third-order valence-corrected chi connectivity index (χ3v) is 1.48. The Morgan fingerprint density at radius 3 is 2.67 bits per heavy atom. The summed E-state index contributed by atoms with van der Waals surface area (Å²) in [5.74, 6) is 0.404. The highest BCUT2D eigenvalue weighted by molar-refractivity contribution is 5.65. The van der Waals surface area contributed by atoms with Crippen molar-refractivity contribution < 1.29 is 0 Å². The van der Waals surface area contributed by atoms with Crippen molar-refractivity contribution >= 4 is 5.82 Å². The smallest absolute Gasteiger partial charge is 0.151 e. The first-order chi connectivity index (χ1) is 5.88. The van der Waals surface area contributed by atoms with E-state index in [9.17, 15) is 0 Å². The van der Waals surface area contributed by atoms with Crippen LogP contribution >= 0.6 is 0 Å². The maximum Gasteiger partial charge on any atom is 0.151 e. The summed E-state index contributed by atoms with van der Waals surface area (Å²) in [6.45, 7) is 0. The monoisotopic (exact) mass is 161 g/mol. The fraction of sp³-hybridized carbons (Fsp3) is 0. The molecule has 0 saturated heterocycles. The molecule has 0 fully saturated rings. The standard InChI is InChI=1S/C7H7N5/c8-7-6(9-3-4-10-7)5-1-2-11-12-5/h1-4H,(H2,8,10)(H,11,12). The van der Waals surface area contributed by atoms with E-state index in [2.05, 4.69) is 20.2 Å². The molecule has 0 aliphatic heterocycles. The summed E-state index contributed by atoms with van der Waals surface area (Å²) >= 11 is 0. The Bertz CT molecular complexity index is 367. The van der Waals surface area contributed by atoms with Crippen LogP contribution in [0, 0.1) is 0 Å². The molecule has 0 amide bonds. The van der Waals surface area contributed by atoms with Gasteiger partial charge in [0.2, 0.25) is 0 Å². The van der Waals surface area contributed by atoms with Gasteiger partial charge in [0.25, 0.3) is 0 Å². The molecule has 2 heterocycles. The zero-order valence-corrected chi connectivity index (χ0v) is 6.23. The lowest BCUT2D eigenvalue weighted by Crippen LogP contribution is -1.95. The Kier molecular flexibility index (Phi) is 1.48. The van der Waals surface area contributed by atoms with Gasteiger partial charge >= 0.3 is 0 Å². The number of H-pyrrole nitrogens is 1. The van der Waals surface area contributed by atoms with Gasteiger partial charge in [-0.25, -0.2) is 9.97 Å². The molecule has 0 unspecified atom stereocenters. The number of aromatic amines is 1. The van der Waals surface area contributed by atoms with E-state index in [0.717, 1.165) is 5.69 Å². The van der Waals surface area contributed by atoms with E-state index >= 15 is 0 Å². The van der Waals surface area contributed by atoms with Gasteiger partial charge in [-0.05, 0) is 6.07 Å². The van der Waals surface area contributed by atoms with Gasteiger partial charge in [0, 0.05) is 18.6 Å². The topological polar surface area (TPSA) is 80.5 Å². The van der Waals surface area contributed by atoms with E-state index in [0.29, 0.717) is 11.5 Å². The van der Waals surface area contributed by atoms with Gasteiger partial charge in [-0.15, -0.1) is 0 Å². The number of aromatic nitrogens is 4. The van der Waals surface area contributed by atoms with Crippen LogP contribution in [0.1, 0.15) is 0 Å². The number of hydrogen-bond donors (Lipinski definition) is 2. The molecule has 2 aromatic rings. The molecule has 5 heteroatoms. The SMILES string of the molecule is Nc1nccnc1-c1ccn[nH]1. The Morgan fingerprint density at radius 1 is 1.17 bits per heavy atom. The first kappa shape index (κ1) is 6.78. The Morgan fingerprint density at radius 2 is 2.00 bits per heavy atom. The maximum atomic E-state index is 5.59. The van der Waals surface area contributed by atoms with Gasteiger partial charge in [0.05, 0.1) is 5.69 Å². The summed E-state index contributed by atoms with van der Waals surface area (Å²) in [5, 5.41) is 6.55. The average Bonchev–Trinajstić information content (AvgIpc) is 2.57. The molecule has 0 aliphatic carbocycles. The van der Waals surface area contributed by atoms with Gasteiger partial charge in [0.1, 0.15) is 5.69 Å². The summed E-state index contributed by atoms with van der Waals surface area (Å²) in [4.78, 5) is 7.96. The minimum atomic E-state index is 0.404. The van der Waals surface area contributed by atoms with Crippen LogP contribution in [-0.2, 0) is 0 Å². The van der Waals surface area contributed by atoms with Crippen LogP contribution in [0.5, 0.6) is 0 Å². The van der Waals surface area contributed by atoms with Crippen LogP contribution in [0.15, 0.2) is 24.7 Å². The number of nitrogens with one attached hydrogen (secondary N) is 1. The lowest BCUT2D eigenvalue weighted by atomic mass is 10.3. The van der Waals surface area contributed by atoms with Crippen LogP contribution < -0.4 is 5.73 Å². The highest BCUT2D eigenvalue weighted by atomic mass is 15.1. The molecule has 12 heavy (non-hydrogen) atoms. The quantitative estimate of drug-likeness (QED) is 0.636. The molecule has 0 aliphatic rings. The number of nitrogen functional groups attached to an aromatic ring is 1. The molecule has 60 valence electrons. The lowest BCUT2D eigenvalue weighted by molar-refractivity contribution is 1.08. The zero-order valence-electron chi connectivity index (χ0n) is 6.23.